The van der Waals surface area contributed by atoms with Crippen molar-refractivity contribution in [2.75, 3.05) is 52.6 Å². The molecule has 2 saturated heterocycles. The normalized spacial score (nSPS) is 21.3. The molecule has 2 aliphatic heterocycles. The first-order chi connectivity index (χ1) is 12.4. The van der Waals surface area contributed by atoms with E-state index in [0.29, 0.717) is 26.1 Å². The molecule has 2 aliphatic rings. The molecule has 2 fully saturated rings. The first kappa shape index (κ1) is 22.9. The Morgan fingerprint density at radius 3 is 1.70 bits per heavy atom. The van der Waals surface area contributed by atoms with Crippen molar-refractivity contribution in [2.45, 2.75) is 77.2 Å². The van der Waals surface area contributed by atoms with Crippen LogP contribution < -0.4 is 0 Å². The van der Waals surface area contributed by atoms with Gasteiger partial charge in [0.1, 0.15) is 13.2 Å². The molecule has 0 amide bonds. The molecular weight excluding hydrogens is 354 g/mol. The third-order valence-electron chi connectivity index (χ3n) is 5.22. The fourth-order valence-electron chi connectivity index (χ4n) is 3.10. The van der Waals surface area contributed by atoms with E-state index < -0.39 is 19.1 Å². The van der Waals surface area contributed by atoms with E-state index in [1.807, 2.05) is 0 Å². The van der Waals surface area contributed by atoms with E-state index >= 15 is 0 Å². The van der Waals surface area contributed by atoms with Crippen LogP contribution in [0.5, 0.6) is 0 Å². The predicted molar refractivity (Wildman–Crippen MR) is 103 cm³/mol. The van der Waals surface area contributed by atoms with Crippen molar-refractivity contribution in [3.05, 3.63) is 0 Å². The summed E-state index contributed by atoms with van der Waals surface area (Å²) in [6.45, 7) is 15.9. The Hall–Kier alpha value is -0.340. The molecule has 0 aromatic rings. The van der Waals surface area contributed by atoms with Crippen LogP contribution in [0.1, 0.15) is 48.0 Å². The van der Waals surface area contributed by atoms with Crippen molar-refractivity contribution < 1.29 is 23.0 Å². The van der Waals surface area contributed by atoms with E-state index in [0.717, 1.165) is 13.1 Å². The Labute approximate surface area is 163 Å². The summed E-state index contributed by atoms with van der Waals surface area (Å²) in [5.41, 5.74) is 0.249. The summed E-state index contributed by atoms with van der Waals surface area (Å²) in [6.07, 6.45) is 0.791. The highest BCUT2D eigenvalue weighted by molar-refractivity contribution is 4.90. The maximum Gasteiger partial charge on any atom is 0.293 e. The second-order valence-electron chi connectivity index (χ2n) is 9.84. The molecule has 0 unspecified atom stereocenters. The number of ether oxygens (including phenoxy) is 3. The van der Waals surface area contributed by atoms with Gasteiger partial charge in [-0.15, -0.1) is 0 Å². The first-order valence-corrected chi connectivity index (χ1v) is 10.1. The topological polar surface area (TPSA) is 34.2 Å². The molecule has 0 aliphatic carbocycles. The number of rotatable bonds is 10. The maximum atomic E-state index is 13.8. The number of halogens is 2. The zero-order chi connectivity index (χ0) is 20.3. The molecule has 0 N–H and O–H groups in total. The van der Waals surface area contributed by atoms with Gasteiger partial charge in [0.25, 0.3) is 5.92 Å². The van der Waals surface area contributed by atoms with Gasteiger partial charge < -0.3 is 14.2 Å². The molecule has 0 radical (unpaired) electrons. The molecule has 0 saturated carbocycles. The highest BCUT2D eigenvalue weighted by Gasteiger charge is 2.38. The molecule has 7 heteroatoms. The lowest BCUT2D eigenvalue weighted by atomic mass is 9.99. The van der Waals surface area contributed by atoms with Gasteiger partial charge in [-0.05, 0) is 48.0 Å². The minimum absolute atomic E-state index is 0.0675. The lowest BCUT2D eigenvalue weighted by Crippen LogP contribution is -2.60. The van der Waals surface area contributed by atoms with Gasteiger partial charge in [-0.2, -0.15) is 0 Å². The smallest absolute Gasteiger partial charge is 0.293 e. The van der Waals surface area contributed by atoms with Gasteiger partial charge in [0.05, 0.1) is 12.2 Å². The number of hydrogen-bond donors (Lipinski definition) is 0. The monoisotopic (exact) mass is 392 g/mol. The fourth-order valence-corrected chi connectivity index (χ4v) is 3.10. The molecular formula is C20H38F2N2O3. The molecule has 5 nitrogen and oxygen atoms in total. The molecule has 0 bridgehead atoms. The van der Waals surface area contributed by atoms with Crippen molar-refractivity contribution in [3.8, 4) is 0 Å². The lowest BCUT2D eigenvalue weighted by Gasteiger charge is -2.47. The number of alkyl halides is 2. The van der Waals surface area contributed by atoms with Crippen LogP contribution in [0, 0.1) is 0 Å². The predicted octanol–water partition coefficient (Wildman–Crippen LogP) is 3.03. The van der Waals surface area contributed by atoms with Crippen LogP contribution in [-0.4, -0.2) is 91.6 Å². The Balaban J connectivity index is 1.45. The van der Waals surface area contributed by atoms with Crippen LogP contribution in [0.25, 0.3) is 0 Å². The van der Waals surface area contributed by atoms with Crippen molar-refractivity contribution >= 4 is 0 Å². The summed E-state index contributed by atoms with van der Waals surface area (Å²) in [6, 6.07) is 0. The van der Waals surface area contributed by atoms with Gasteiger partial charge in [0.2, 0.25) is 0 Å². The third kappa shape index (κ3) is 7.54. The zero-order valence-electron chi connectivity index (χ0n) is 17.9. The van der Waals surface area contributed by atoms with Crippen molar-refractivity contribution in [1.82, 2.24) is 9.80 Å². The minimum atomic E-state index is -2.94. The Kier molecular flexibility index (Phi) is 7.64. The zero-order valence-corrected chi connectivity index (χ0v) is 17.9. The van der Waals surface area contributed by atoms with Crippen LogP contribution in [0.15, 0.2) is 0 Å². The molecule has 27 heavy (non-hydrogen) atoms. The highest BCUT2D eigenvalue weighted by Crippen LogP contribution is 2.25. The van der Waals surface area contributed by atoms with Crippen LogP contribution >= 0.6 is 0 Å². The summed E-state index contributed by atoms with van der Waals surface area (Å²) in [5, 5.41) is 0. The van der Waals surface area contributed by atoms with E-state index in [-0.39, 0.29) is 29.9 Å². The van der Waals surface area contributed by atoms with Gasteiger partial charge in [0, 0.05) is 50.5 Å². The van der Waals surface area contributed by atoms with E-state index in [1.165, 1.54) is 0 Å². The van der Waals surface area contributed by atoms with Crippen molar-refractivity contribution in [3.63, 3.8) is 0 Å². The van der Waals surface area contributed by atoms with Crippen LogP contribution in [-0.2, 0) is 14.2 Å². The van der Waals surface area contributed by atoms with E-state index in [9.17, 15) is 8.78 Å². The van der Waals surface area contributed by atoms with Gasteiger partial charge in [-0.3, -0.25) is 9.80 Å². The van der Waals surface area contributed by atoms with E-state index in [2.05, 4.69) is 51.3 Å². The molecule has 2 rings (SSSR count). The largest absolute Gasteiger partial charge is 0.375 e. The highest BCUT2D eigenvalue weighted by atomic mass is 19.3. The molecule has 2 heterocycles. The standard InChI is InChI=1S/C20H38F2N2O3/c1-18(2,3)23-10-16(11-23)26-9-7-8-25-14-20(21,22)15-27-17-12-24(13-17)19(4,5)6/h16-17H,7-15H2,1-6H3. The van der Waals surface area contributed by atoms with Gasteiger partial charge >= 0.3 is 0 Å². The summed E-state index contributed by atoms with van der Waals surface area (Å²) >= 11 is 0. The fraction of sp³-hybridized carbons (Fsp3) is 1.00. The van der Waals surface area contributed by atoms with Crippen molar-refractivity contribution in [2.24, 2.45) is 0 Å². The molecule has 0 aromatic carbocycles. The second-order valence-corrected chi connectivity index (χ2v) is 9.84. The maximum absolute atomic E-state index is 13.8. The molecule has 160 valence electrons. The average molecular weight is 393 g/mol. The Bertz CT molecular complexity index is 451. The van der Waals surface area contributed by atoms with Crippen LogP contribution in [0.4, 0.5) is 8.78 Å². The molecule has 0 spiro atoms. The summed E-state index contributed by atoms with van der Waals surface area (Å²) < 4.78 is 43.9. The first-order valence-electron chi connectivity index (χ1n) is 10.1. The van der Waals surface area contributed by atoms with Crippen LogP contribution in [0.2, 0.25) is 0 Å². The quantitative estimate of drug-likeness (QED) is 0.534. The van der Waals surface area contributed by atoms with Crippen LogP contribution in [0.3, 0.4) is 0 Å². The van der Waals surface area contributed by atoms with E-state index in [1.54, 1.807) is 0 Å². The Morgan fingerprint density at radius 1 is 0.741 bits per heavy atom. The number of hydrogen-bond acceptors (Lipinski definition) is 5. The lowest BCUT2D eigenvalue weighted by molar-refractivity contribution is -0.167. The summed E-state index contributed by atoms with van der Waals surface area (Å²) in [5.74, 6) is -2.94. The minimum Gasteiger partial charge on any atom is -0.375 e. The summed E-state index contributed by atoms with van der Waals surface area (Å²) in [7, 11) is 0. The molecule has 0 aromatic heterocycles. The summed E-state index contributed by atoms with van der Waals surface area (Å²) in [4.78, 5) is 4.58. The second kappa shape index (κ2) is 8.99. The number of nitrogens with zero attached hydrogens (tertiary/aromatic N) is 2. The molecule has 0 atom stereocenters. The van der Waals surface area contributed by atoms with Crippen molar-refractivity contribution in [1.29, 1.82) is 0 Å². The van der Waals surface area contributed by atoms with E-state index in [4.69, 9.17) is 14.2 Å². The van der Waals surface area contributed by atoms with Gasteiger partial charge in [-0.25, -0.2) is 8.78 Å². The Morgan fingerprint density at radius 2 is 1.22 bits per heavy atom. The SMILES string of the molecule is CC(C)(C)N1CC(OCCCOCC(F)(F)COC2CN(C(C)(C)C)C2)C1. The van der Waals surface area contributed by atoms with Gasteiger partial charge in [0.15, 0.2) is 0 Å². The van der Waals surface area contributed by atoms with Gasteiger partial charge in [-0.1, -0.05) is 0 Å². The average Bonchev–Trinajstić information content (AvgIpc) is 2.39. The third-order valence-corrected chi connectivity index (χ3v) is 5.22. The number of likely N-dealkylation sites (tertiary alicyclic amines) is 2.